The van der Waals surface area contributed by atoms with Crippen LogP contribution in [0.2, 0.25) is 0 Å². The fraction of sp³-hybridized carbons (Fsp3) is 0.480. The van der Waals surface area contributed by atoms with Crippen LogP contribution in [0.25, 0.3) is 0 Å². The van der Waals surface area contributed by atoms with E-state index in [0.29, 0.717) is 25.4 Å². The Morgan fingerprint density at radius 3 is 2.58 bits per heavy atom. The lowest BCUT2D eigenvalue weighted by molar-refractivity contribution is -0.0390. The van der Waals surface area contributed by atoms with Gasteiger partial charge in [-0.3, -0.25) is 0 Å². The van der Waals surface area contributed by atoms with Crippen LogP contribution in [0.5, 0.6) is 5.75 Å². The Bertz CT molecular complexity index is 845. The highest BCUT2D eigenvalue weighted by molar-refractivity contribution is 14.0. The number of ether oxygens (including phenoxy) is 3. The molecule has 0 radical (unpaired) electrons. The van der Waals surface area contributed by atoms with Gasteiger partial charge in [0.25, 0.3) is 0 Å². The van der Waals surface area contributed by atoms with Crippen molar-refractivity contribution in [1.82, 2.24) is 10.6 Å². The lowest BCUT2D eigenvalue weighted by Gasteiger charge is -2.22. The smallest absolute Gasteiger partial charge is 0.191 e. The predicted octanol–water partition coefficient (Wildman–Crippen LogP) is 4.66. The summed E-state index contributed by atoms with van der Waals surface area (Å²) in [5.74, 6) is 1.09. The topological polar surface area (TPSA) is 64.1 Å². The average molecular weight is 571 g/mol. The van der Waals surface area contributed by atoms with E-state index >= 15 is 0 Å². The van der Waals surface area contributed by atoms with Gasteiger partial charge in [-0.15, -0.1) is 24.0 Å². The summed E-state index contributed by atoms with van der Waals surface area (Å²) in [6, 6.07) is 14.4. The first-order chi connectivity index (χ1) is 15.6. The van der Waals surface area contributed by atoms with Crippen LogP contribution in [0.1, 0.15) is 37.8 Å². The first kappa shape index (κ1) is 27.3. The quantitative estimate of drug-likeness (QED) is 0.247. The van der Waals surface area contributed by atoms with Gasteiger partial charge < -0.3 is 24.8 Å². The van der Waals surface area contributed by atoms with Gasteiger partial charge in [0, 0.05) is 19.8 Å². The van der Waals surface area contributed by atoms with Crippen LogP contribution in [-0.2, 0) is 22.6 Å². The van der Waals surface area contributed by atoms with Crippen molar-refractivity contribution in [1.29, 1.82) is 0 Å². The molecule has 1 aliphatic heterocycles. The molecule has 0 bridgehead atoms. The molecule has 0 aliphatic carbocycles. The highest BCUT2D eigenvalue weighted by Crippen LogP contribution is 2.15. The van der Waals surface area contributed by atoms with E-state index in [2.05, 4.69) is 28.8 Å². The third-order valence-corrected chi connectivity index (χ3v) is 5.12. The molecule has 1 aliphatic rings. The number of hydrogen-bond acceptors (Lipinski definition) is 4. The second kappa shape index (κ2) is 15.1. The Hall–Kier alpha value is -1.91. The number of nitrogens with zero attached hydrogens (tertiary/aromatic N) is 1. The SMILES string of the molecule is CCNC(=NCc1cccc(COC2CCOCC2)c1)NCC(C)Oc1ccc(F)cc1.I. The molecule has 1 atom stereocenters. The summed E-state index contributed by atoms with van der Waals surface area (Å²) in [7, 11) is 0. The molecule has 2 aromatic carbocycles. The minimum atomic E-state index is -0.274. The monoisotopic (exact) mass is 571 g/mol. The number of rotatable bonds is 10. The average Bonchev–Trinajstić information content (AvgIpc) is 2.82. The van der Waals surface area contributed by atoms with Gasteiger partial charge >= 0.3 is 0 Å². The third kappa shape index (κ3) is 10.3. The zero-order valence-electron chi connectivity index (χ0n) is 19.4. The molecule has 0 saturated carbocycles. The molecule has 0 amide bonds. The zero-order chi connectivity index (χ0) is 22.6. The van der Waals surface area contributed by atoms with Gasteiger partial charge in [0.15, 0.2) is 5.96 Å². The van der Waals surface area contributed by atoms with E-state index in [4.69, 9.17) is 19.2 Å². The molecule has 1 heterocycles. The Kier molecular flexibility index (Phi) is 12.5. The Morgan fingerprint density at radius 2 is 1.85 bits per heavy atom. The van der Waals surface area contributed by atoms with Crippen molar-refractivity contribution < 1.29 is 18.6 Å². The molecular formula is C25H35FIN3O3. The van der Waals surface area contributed by atoms with E-state index in [-0.39, 0.29) is 42.0 Å². The highest BCUT2D eigenvalue weighted by Gasteiger charge is 2.14. The second-order valence-corrected chi connectivity index (χ2v) is 7.90. The summed E-state index contributed by atoms with van der Waals surface area (Å²) < 4.78 is 30.3. The molecule has 6 nitrogen and oxygen atoms in total. The van der Waals surface area contributed by atoms with E-state index in [1.54, 1.807) is 12.1 Å². The van der Waals surface area contributed by atoms with E-state index in [0.717, 1.165) is 49.7 Å². The molecule has 2 N–H and O–H groups in total. The Morgan fingerprint density at radius 1 is 1.12 bits per heavy atom. The molecular weight excluding hydrogens is 536 g/mol. The minimum absolute atomic E-state index is 0. The van der Waals surface area contributed by atoms with Crippen LogP contribution in [0.15, 0.2) is 53.5 Å². The zero-order valence-corrected chi connectivity index (χ0v) is 21.7. The highest BCUT2D eigenvalue weighted by atomic mass is 127. The molecule has 0 aromatic heterocycles. The molecule has 3 rings (SSSR count). The first-order valence-corrected chi connectivity index (χ1v) is 11.3. The normalized spacial score (nSPS) is 15.4. The van der Waals surface area contributed by atoms with Gasteiger partial charge in [-0.2, -0.15) is 0 Å². The second-order valence-electron chi connectivity index (χ2n) is 7.90. The predicted molar refractivity (Wildman–Crippen MR) is 140 cm³/mol. The van der Waals surface area contributed by atoms with Crippen LogP contribution < -0.4 is 15.4 Å². The minimum Gasteiger partial charge on any atom is -0.489 e. The molecule has 8 heteroatoms. The molecule has 1 unspecified atom stereocenters. The maximum absolute atomic E-state index is 13.0. The van der Waals surface area contributed by atoms with E-state index in [9.17, 15) is 4.39 Å². The summed E-state index contributed by atoms with van der Waals surface area (Å²) in [6.07, 6.45) is 2.11. The maximum Gasteiger partial charge on any atom is 0.191 e. The van der Waals surface area contributed by atoms with Crippen LogP contribution in [-0.4, -0.2) is 44.5 Å². The van der Waals surface area contributed by atoms with Crippen molar-refractivity contribution >= 4 is 29.9 Å². The van der Waals surface area contributed by atoms with Gasteiger partial charge in [0.1, 0.15) is 17.7 Å². The first-order valence-electron chi connectivity index (χ1n) is 11.3. The summed E-state index contributed by atoms with van der Waals surface area (Å²) in [4.78, 5) is 4.70. The molecule has 182 valence electrons. The lowest BCUT2D eigenvalue weighted by atomic mass is 10.1. The number of aliphatic imine (C=N–C) groups is 1. The van der Waals surface area contributed by atoms with Gasteiger partial charge in [0.05, 0.1) is 25.8 Å². The standard InChI is InChI=1S/C25H34FN3O3.HI/c1-3-27-25(28-16-19(2)32-24-9-7-22(26)8-10-24)29-17-20-5-4-6-21(15-20)18-31-23-11-13-30-14-12-23;/h4-10,15,19,23H,3,11-14,16-18H2,1-2H3,(H2,27,28,29);1H. The van der Waals surface area contributed by atoms with Gasteiger partial charge in [-0.25, -0.2) is 9.38 Å². The maximum atomic E-state index is 13.0. The van der Waals surface area contributed by atoms with E-state index < -0.39 is 0 Å². The lowest BCUT2D eigenvalue weighted by Crippen LogP contribution is -2.41. The van der Waals surface area contributed by atoms with E-state index in [1.165, 1.54) is 12.1 Å². The third-order valence-electron chi connectivity index (χ3n) is 5.12. The number of nitrogens with one attached hydrogen (secondary N) is 2. The largest absolute Gasteiger partial charge is 0.489 e. The van der Waals surface area contributed by atoms with E-state index in [1.807, 2.05) is 19.9 Å². The molecule has 33 heavy (non-hydrogen) atoms. The summed E-state index contributed by atoms with van der Waals surface area (Å²) in [5, 5.41) is 6.57. The van der Waals surface area contributed by atoms with Crippen molar-refractivity contribution in [2.75, 3.05) is 26.3 Å². The Labute approximate surface area is 213 Å². The summed E-state index contributed by atoms with van der Waals surface area (Å²) in [6.45, 7) is 8.07. The van der Waals surface area contributed by atoms with Gasteiger partial charge in [0.2, 0.25) is 0 Å². The van der Waals surface area contributed by atoms with Crippen molar-refractivity contribution in [2.45, 2.75) is 52.0 Å². The van der Waals surface area contributed by atoms with Crippen LogP contribution in [0.3, 0.4) is 0 Å². The van der Waals surface area contributed by atoms with Crippen molar-refractivity contribution in [2.24, 2.45) is 4.99 Å². The number of hydrogen-bond donors (Lipinski definition) is 2. The number of halogens is 2. The summed E-state index contributed by atoms with van der Waals surface area (Å²) in [5.41, 5.74) is 2.29. The van der Waals surface area contributed by atoms with Gasteiger partial charge in [-0.1, -0.05) is 24.3 Å². The molecule has 1 saturated heterocycles. The fourth-order valence-corrected chi connectivity index (χ4v) is 3.41. The molecule has 0 spiro atoms. The van der Waals surface area contributed by atoms with Gasteiger partial charge in [-0.05, 0) is 62.1 Å². The van der Waals surface area contributed by atoms with Crippen LogP contribution >= 0.6 is 24.0 Å². The van der Waals surface area contributed by atoms with Crippen molar-refractivity contribution in [3.05, 3.63) is 65.5 Å². The molecule has 2 aromatic rings. The summed E-state index contributed by atoms with van der Waals surface area (Å²) >= 11 is 0. The Balaban J connectivity index is 0.00000385. The van der Waals surface area contributed by atoms with Crippen LogP contribution in [0, 0.1) is 5.82 Å². The van der Waals surface area contributed by atoms with Crippen molar-refractivity contribution in [3.8, 4) is 5.75 Å². The number of guanidine groups is 1. The van der Waals surface area contributed by atoms with Crippen LogP contribution in [0.4, 0.5) is 4.39 Å². The molecule has 1 fully saturated rings. The number of benzene rings is 2. The van der Waals surface area contributed by atoms with Crippen molar-refractivity contribution in [3.63, 3.8) is 0 Å². The fourth-order valence-electron chi connectivity index (χ4n) is 3.41.